The van der Waals surface area contributed by atoms with Crippen LogP contribution in [0.25, 0.3) is 0 Å². The highest BCUT2D eigenvalue weighted by atomic mass is 16.3. The fourth-order valence-electron chi connectivity index (χ4n) is 1.25. The Bertz CT molecular complexity index is 242. The summed E-state index contributed by atoms with van der Waals surface area (Å²) < 4.78 is 0. The quantitative estimate of drug-likeness (QED) is 0.471. The molecule has 0 saturated heterocycles. The lowest BCUT2D eigenvalue weighted by atomic mass is 10.1. The summed E-state index contributed by atoms with van der Waals surface area (Å²) in [4.78, 5) is 4.17. The van der Waals surface area contributed by atoms with Crippen molar-refractivity contribution in [1.29, 1.82) is 0 Å². The molecule has 88 valence electrons. The van der Waals surface area contributed by atoms with E-state index in [0.29, 0.717) is 0 Å². The van der Waals surface area contributed by atoms with Gasteiger partial charge >= 0.3 is 0 Å². The van der Waals surface area contributed by atoms with Gasteiger partial charge in [-0.05, 0) is 26.7 Å². The topological polar surface area (TPSA) is 70.6 Å². The number of hydrogen-bond donors (Lipinski definition) is 3. The van der Waals surface area contributed by atoms with Crippen LogP contribution in [0.3, 0.4) is 0 Å². The zero-order valence-electron chi connectivity index (χ0n) is 10.2. The predicted octanol–water partition coefficient (Wildman–Crippen LogP) is 1.02. The van der Waals surface area contributed by atoms with E-state index in [9.17, 15) is 0 Å². The number of nitrogens with one attached hydrogen (secondary N) is 1. The minimum atomic E-state index is 0.187. The van der Waals surface area contributed by atoms with E-state index in [-0.39, 0.29) is 12.6 Å². The van der Waals surface area contributed by atoms with Crippen molar-refractivity contribution < 1.29 is 5.11 Å². The van der Waals surface area contributed by atoms with E-state index in [2.05, 4.69) is 17.2 Å². The molecule has 4 N–H and O–H groups in total. The standard InChI is InChI=1S/C11H23N3O/c1-5-10(6-7-15)14-11(13-4)8(2)9(3)12/h10,15H,5-7,12H2,1-4H3,(H,13,14)/b9-8-. The second-order valence-electron chi connectivity index (χ2n) is 3.64. The van der Waals surface area contributed by atoms with Gasteiger partial charge in [-0.15, -0.1) is 0 Å². The Hall–Kier alpha value is -1.03. The van der Waals surface area contributed by atoms with Gasteiger partial charge in [-0.3, -0.25) is 4.99 Å². The first-order valence-corrected chi connectivity index (χ1v) is 5.34. The Morgan fingerprint density at radius 2 is 2.07 bits per heavy atom. The van der Waals surface area contributed by atoms with Crippen molar-refractivity contribution >= 4 is 5.84 Å². The van der Waals surface area contributed by atoms with Crippen LogP contribution in [0, 0.1) is 0 Å². The molecule has 0 aromatic rings. The van der Waals surface area contributed by atoms with E-state index in [1.807, 2.05) is 13.8 Å². The molecule has 1 unspecified atom stereocenters. The van der Waals surface area contributed by atoms with E-state index >= 15 is 0 Å². The summed E-state index contributed by atoms with van der Waals surface area (Å²) in [6, 6.07) is 0.253. The van der Waals surface area contributed by atoms with Gasteiger partial charge in [0.05, 0.1) is 0 Å². The minimum absolute atomic E-state index is 0.187. The van der Waals surface area contributed by atoms with Crippen molar-refractivity contribution in [3.8, 4) is 0 Å². The average molecular weight is 213 g/mol. The Balaban J connectivity index is 4.53. The molecule has 0 aliphatic rings. The highest BCUT2D eigenvalue weighted by Crippen LogP contribution is 2.03. The van der Waals surface area contributed by atoms with Gasteiger partial charge in [0.25, 0.3) is 0 Å². The summed E-state index contributed by atoms with van der Waals surface area (Å²) in [5.41, 5.74) is 7.45. The maximum atomic E-state index is 8.88. The molecule has 0 saturated carbocycles. The van der Waals surface area contributed by atoms with E-state index < -0.39 is 0 Å². The molecular weight excluding hydrogens is 190 g/mol. The molecule has 0 aromatic heterocycles. The Labute approximate surface area is 92.3 Å². The highest BCUT2D eigenvalue weighted by molar-refractivity contribution is 5.98. The van der Waals surface area contributed by atoms with Crippen LogP contribution in [0.5, 0.6) is 0 Å². The lowest BCUT2D eigenvalue weighted by Gasteiger charge is -2.19. The molecule has 0 aliphatic carbocycles. The number of aliphatic imine (C=N–C) groups is 1. The molecule has 4 heteroatoms. The zero-order chi connectivity index (χ0) is 11.8. The minimum Gasteiger partial charge on any atom is -0.402 e. The Morgan fingerprint density at radius 1 is 1.47 bits per heavy atom. The smallest absolute Gasteiger partial charge is 0.125 e. The van der Waals surface area contributed by atoms with Crippen LogP contribution in [0.1, 0.15) is 33.6 Å². The molecule has 0 radical (unpaired) electrons. The molecular formula is C11H23N3O. The molecule has 0 aliphatic heterocycles. The van der Waals surface area contributed by atoms with Gasteiger partial charge in [-0.25, -0.2) is 0 Å². The molecule has 15 heavy (non-hydrogen) atoms. The van der Waals surface area contributed by atoms with Crippen LogP contribution in [0.4, 0.5) is 0 Å². The number of rotatable bonds is 5. The van der Waals surface area contributed by atoms with Crippen molar-refractivity contribution in [1.82, 2.24) is 5.32 Å². The number of amidine groups is 1. The second kappa shape index (κ2) is 7.29. The van der Waals surface area contributed by atoms with Crippen molar-refractivity contribution in [2.24, 2.45) is 10.7 Å². The SMILES string of the molecule is CCC(CCO)NC(=NC)/C(C)=C(/C)N. The molecule has 4 nitrogen and oxygen atoms in total. The van der Waals surface area contributed by atoms with Crippen LogP contribution in [-0.4, -0.2) is 30.6 Å². The van der Waals surface area contributed by atoms with Gasteiger partial charge in [-0.1, -0.05) is 6.92 Å². The number of allylic oxidation sites excluding steroid dienone is 1. The summed E-state index contributed by atoms with van der Waals surface area (Å²) in [6.07, 6.45) is 1.68. The monoisotopic (exact) mass is 213 g/mol. The van der Waals surface area contributed by atoms with Gasteiger partial charge < -0.3 is 16.2 Å². The third-order valence-electron chi connectivity index (χ3n) is 2.48. The summed E-state index contributed by atoms with van der Waals surface area (Å²) in [7, 11) is 1.74. The van der Waals surface area contributed by atoms with E-state index in [0.717, 1.165) is 29.9 Å². The maximum absolute atomic E-state index is 8.88. The number of nitrogens with two attached hydrogens (primary N) is 1. The fourth-order valence-corrected chi connectivity index (χ4v) is 1.25. The van der Waals surface area contributed by atoms with Crippen molar-refractivity contribution in [2.45, 2.75) is 39.7 Å². The van der Waals surface area contributed by atoms with Crippen molar-refractivity contribution in [2.75, 3.05) is 13.7 Å². The first-order valence-electron chi connectivity index (χ1n) is 5.34. The van der Waals surface area contributed by atoms with Crippen LogP contribution in [0.2, 0.25) is 0 Å². The largest absolute Gasteiger partial charge is 0.402 e. The van der Waals surface area contributed by atoms with Gasteiger partial charge in [0.15, 0.2) is 0 Å². The maximum Gasteiger partial charge on any atom is 0.125 e. The summed E-state index contributed by atoms with van der Waals surface area (Å²) in [5.74, 6) is 0.815. The Kier molecular flexibility index (Phi) is 6.79. The van der Waals surface area contributed by atoms with Crippen LogP contribution < -0.4 is 11.1 Å². The summed E-state index contributed by atoms with van der Waals surface area (Å²) in [5, 5.41) is 12.2. The number of hydrogen-bond acceptors (Lipinski definition) is 3. The molecule has 0 fully saturated rings. The van der Waals surface area contributed by atoms with Gasteiger partial charge in [0.1, 0.15) is 5.84 Å². The molecule has 0 heterocycles. The molecule has 0 spiro atoms. The molecule has 0 rings (SSSR count). The zero-order valence-corrected chi connectivity index (χ0v) is 10.2. The third kappa shape index (κ3) is 4.83. The van der Waals surface area contributed by atoms with Gasteiger partial charge in [0.2, 0.25) is 0 Å². The average Bonchev–Trinajstić information content (AvgIpc) is 2.23. The normalized spacial score (nSPS) is 15.9. The molecule has 0 bridgehead atoms. The van der Waals surface area contributed by atoms with Crippen molar-refractivity contribution in [3.05, 3.63) is 11.3 Å². The van der Waals surface area contributed by atoms with Crippen LogP contribution in [-0.2, 0) is 0 Å². The molecule has 0 amide bonds. The lowest BCUT2D eigenvalue weighted by molar-refractivity contribution is 0.269. The molecule has 0 aromatic carbocycles. The van der Waals surface area contributed by atoms with Gasteiger partial charge in [0, 0.05) is 31.0 Å². The fraction of sp³-hybridized carbons (Fsp3) is 0.727. The van der Waals surface area contributed by atoms with E-state index in [1.165, 1.54) is 0 Å². The number of nitrogens with zero attached hydrogens (tertiary/aromatic N) is 1. The molecule has 1 atom stereocenters. The van der Waals surface area contributed by atoms with Crippen molar-refractivity contribution in [3.63, 3.8) is 0 Å². The summed E-state index contributed by atoms with van der Waals surface area (Å²) in [6.45, 7) is 6.06. The van der Waals surface area contributed by atoms with Crippen LogP contribution >= 0.6 is 0 Å². The van der Waals surface area contributed by atoms with E-state index in [1.54, 1.807) is 7.05 Å². The van der Waals surface area contributed by atoms with Gasteiger partial charge in [-0.2, -0.15) is 0 Å². The number of aliphatic hydroxyl groups excluding tert-OH is 1. The predicted molar refractivity (Wildman–Crippen MR) is 64.8 cm³/mol. The first kappa shape index (κ1) is 14.0. The Morgan fingerprint density at radius 3 is 2.40 bits per heavy atom. The highest BCUT2D eigenvalue weighted by Gasteiger charge is 2.09. The third-order valence-corrected chi connectivity index (χ3v) is 2.48. The van der Waals surface area contributed by atoms with Crippen LogP contribution in [0.15, 0.2) is 16.3 Å². The van der Waals surface area contributed by atoms with E-state index in [4.69, 9.17) is 10.8 Å². The lowest BCUT2D eigenvalue weighted by Crippen LogP contribution is -2.36. The summed E-state index contributed by atoms with van der Waals surface area (Å²) >= 11 is 0. The first-order chi connectivity index (χ1) is 7.06. The second-order valence-corrected chi connectivity index (χ2v) is 3.64. The number of aliphatic hydroxyl groups is 1.